The molecule has 4 nitrogen and oxygen atoms in total. The molecule has 3 saturated carbocycles. The first-order valence-corrected chi connectivity index (χ1v) is 15.9. The maximum atomic E-state index is 12.9. The number of allylic oxidation sites excluding steroid dienone is 1. The molecule has 0 saturated heterocycles. The molecule has 214 valence electrons. The van der Waals surface area contributed by atoms with E-state index >= 15 is 0 Å². The molecule has 3 unspecified atom stereocenters. The molecule has 0 heterocycles. The fraction of sp³-hybridized carbons (Fsp3) is 0.743. The number of nitroso groups, excluding NO2 is 1. The molecule has 8 atom stereocenters. The van der Waals surface area contributed by atoms with Gasteiger partial charge in [-0.3, -0.25) is 0 Å². The molecule has 39 heavy (non-hydrogen) atoms. The Labute approximate surface area is 236 Å². The highest BCUT2D eigenvalue weighted by Crippen LogP contribution is 2.67. The van der Waals surface area contributed by atoms with Crippen molar-refractivity contribution in [3.05, 3.63) is 46.4 Å². The smallest absolute Gasteiger partial charge is 0.338 e. The Balaban J connectivity index is 1.25. The molecule has 0 aliphatic heterocycles. The van der Waals surface area contributed by atoms with E-state index in [0.717, 1.165) is 59.5 Å². The van der Waals surface area contributed by atoms with Crippen LogP contribution in [0.4, 0.5) is 5.69 Å². The quantitative estimate of drug-likeness (QED) is 0.190. The van der Waals surface area contributed by atoms with E-state index in [4.69, 9.17) is 4.74 Å². The molecule has 0 amide bonds. The van der Waals surface area contributed by atoms with Gasteiger partial charge in [-0.2, -0.15) is 0 Å². The fourth-order valence-corrected chi connectivity index (χ4v) is 9.80. The van der Waals surface area contributed by atoms with Gasteiger partial charge in [-0.15, -0.1) is 0 Å². The largest absolute Gasteiger partial charge is 0.458 e. The lowest BCUT2D eigenvalue weighted by Gasteiger charge is -2.58. The van der Waals surface area contributed by atoms with E-state index in [9.17, 15) is 9.70 Å². The van der Waals surface area contributed by atoms with Crippen molar-refractivity contribution in [2.75, 3.05) is 7.05 Å². The predicted octanol–water partition coefficient (Wildman–Crippen LogP) is 9.29. The molecule has 1 aromatic carbocycles. The molecule has 0 bridgehead atoms. The third-order valence-electron chi connectivity index (χ3n) is 12.0. The maximum absolute atomic E-state index is 12.9. The maximum Gasteiger partial charge on any atom is 0.338 e. The lowest BCUT2D eigenvalue weighted by Crippen LogP contribution is -2.51. The fourth-order valence-electron chi connectivity index (χ4n) is 9.80. The van der Waals surface area contributed by atoms with Gasteiger partial charge in [0.05, 0.1) is 5.56 Å². The van der Waals surface area contributed by atoms with Crippen molar-refractivity contribution in [3.63, 3.8) is 0 Å². The van der Waals surface area contributed by atoms with Crippen LogP contribution < -0.4 is 0 Å². The summed E-state index contributed by atoms with van der Waals surface area (Å²) in [5.74, 6) is 4.70. The van der Waals surface area contributed by atoms with Crippen LogP contribution in [0.25, 0.3) is 0 Å². The molecule has 0 aromatic heterocycles. The van der Waals surface area contributed by atoms with Crippen molar-refractivity contribution in [2.45, 2.75) is 111 Å². The van der Waals surface area contributed by atoms with Crippen LogP contribution in [0.5, 0.6) is 0 Å². The Morgan fingerprint density at radius 1 is 1.05 bits per heavy atom. The highest BCUT2D eigenvalue weighted by molar-refractivity contribution is 5.90. The van der Waals surface area contributed by atoms with Gasteiger partial charge in [0.2, 0.25) is 0 Å². The summed E-state index contributed by atoms with van der Waals surface area (Å²) in [5.41, 5.74) is 3.24. The number of rotatable bonds is 8. The molecule has 3 fully saturated rings. The summed E-state index contributed by atoms with van der Waals surface area (Å²) in [7, 11) is 1.45. The van der Waals surface area contributed by atoms with Crippen LogP contribution in [0.15, 0.2) is 35.9 Å². The van der Waals surface area contributed by atoms with Crippen LogP contribution >= 0.6 is 0 Å². The van der Waals surface area contributed by atoms with Gasteiger partial charge in [0.15, 0.2) is 7.05 Å². The number of carbonyl (C=O) groups excluding carboxylic acids is 1. The van der Waals surface area contributed by atoms with Gasteiger partial charge in [-0.25, -0.2) is 4.79 Å². The summed E-state index contributed by atoms with van der Waals surface area (Å²) in [4.78, 5) is 24.6. The Kier molecular flexibility index (Phi) is 8.15. The zero-order valence-corrected chi connectivity index (χ0v) is 25.4. The van der Waals surface area contributed by atoms with E-state index in [-0.39, 0.29) is 17.5 Å². The lowest BCUT2D eigenvalue weighted by molar-refractivity contribution is -0.428. The second kappa shape index (κ2) is 11.1. The first-order chi connectivity index (χ1) is 18.5. The average molecular weight is 535 g/mol. The molecule has 0 radical (unpaired) electrons. The summed E-state index contributed by atoms with van der Waals surface area (Å²) >= 11 is 0. The number of nitrogens with zero attached hydrogens (tertiary/aromatic N) is 1. The minimum Gasteiger partial charge on any atom is -0.458 e. The van der Waals surface area contributed by atoms with Gasteiger partial charge in [0, 0.05) is 28.2 Å². The zero-order chi connectivity index (χ0) is 27.9. The Hall–Kier alpha value is -1.97. The van der Waals surface area contributed by atoms with Gasteiger partial charge < -0.3 is 4.74 Å². The van der Waals surface area contributed by atoms with Crippen molar-refractivity contribution >= 4 is 11.7 Å². The van der Waals surface area contributed by atoms with E-state index in [1.807, 2.05) is 0 Å². The summed E-state index contributed by atoms with van der Waals surface area (Å²) in [5, 5.41) is 0. The normalized spacial score (nSPS) is 36.4. The van der Waals surface area contributed by atoms with Crippen molar-refractivity contribution in [1.29, 1.82) is 0 Å². The van der Waals surface area contributed by atoms with Crippen molar-refractivity contribution in [2.24, 2.45) is 46.3 Å². The van der Waals surface area contributed by atoms with E-state index in [1.54, 1.807) is 29.8 Å². The molecular weight excluding hydrogens is 482 g/mol. The lowest BCUT2D eigenvalue weighted by atomic mass is 9.47. The molecule has 5 rings (SSSR count). The number of hydrogen-bond donors (Lipinski definition) is 0. The van der Waals surface area contributed by atoms with E-state index in [0.29, 0.717) is 16.7 Å². The van der Waals surface area contributed by atoms with E-state index < -0.39 is 0 Å². The standard InChI is InChI=1S/C35H52NO3/c1-23(2)9-7-10-24(3)30-15-16-31-29-14-13-26-22-28(17-19-34(26,4)32(29)18-20-35(30,31)5)39-33(37)25-11-8-12-27(21-25)36(6)38/h8,11-13,21,23-24,28-32H,7,9-10,14-20,22H2,1-6H3/q+1/t24-,28+,29?,30-,31?,32?,34+,35-/m1/s1. The van der Waals surface area contributed by atoms with Gasteiger partial charge in [-0.1, -0.05) is 71.6 Å². The minimum absolute atomic E-state index is 0.0709. The van der Waals surface area contributed by atoms with Gasteiger partial charge in [0.1, 0.15) is 6.10 Å². The second-order valence-corrected chi connectivity index (χ2v) is 14.6. The first kappa shape index (κ1) is 28.6. The minimum atomic E-state index is -0.311. The van der Waals surface area contributed by atoms with Crippen LogP contribution in [0.1, 0.15) is 116 Å². The van der Waals surface area contributed by atoms with Crippen molar-refractivity contribution in [1.82, 2.24) is 0 Å². The number of esters is 1. The SMILES string of the molecule is CC(C)CCC[C@@H](C)[C@H]1CCC2C3CC=C4C[C@@H](OC(=O)c5cccc([N+](C)=O)c5)CC[C@]4(C)C3CC[C@@]21C. The zero-order valence-electron chi connectivity index (χ0n) is 25.4. The Bertz CT molecular complexity index is 1110. The molecular formula is C35H52NO3+. The highest BCUT2D eigenvalue weighted by atomic mass is 16.5. The molecule has 0 N–H and O–H groups in total. The van der Waals surface area contributed by atoms with Crippen LogP contribution in [-0.2, 0) is 4.74 Å². The molecule has 4 heteroatoms. The first-order valence-electron chi connectivity index (χ1n) is 15.9. The second-order valence-electron chi connectivity index (χ2n) is 14.6. The number of hydrogen-bond acceptors (Lipinski definition) is 3. The van der Waals surface area contributed by atoms with E-state index in [2.05, 4.69) is 40.7 Å². The van der Waals surface area contributed by atoms with Crippen molar-refractivity contribution in [3.8, 4) is 0 Å². The molecule has 4 aliphatic carbocycles. The predicted molar refractivity (Wildman–Crippen MR) is 158 cm³/mol. The Morgan fingerprint density at radius 2 is 1.85 bits per heavy atom. The van der Waals surface area contributed by atoms with Crippen molar-refractivity contribution < 1.29 is 14.3 Å². The van der Waals surface area contributed by atoms with E-state index in [1.165, 1.54) is 58.4 Å². The third-order valence-corrected chi connectivity index (χ3v) is 12.0. The molecule has 1 aromatic rings. The van der Waals surface area contributed by atoms with Crippen LogP contribution in [0, 0.1) is 51.2 Å². The highest BCUT2D eigenvalue weighted by Gasteiger charge is 2.59. The van der Waals surface area contributed by atoms with Gasteiger partial charge in [-0.05, 0) is 97.3 Å². The molecule has 4 aliphatic rings. The summed E-state index contributed by atoms with van der Waals surface area (Å²) < 4.78 is 6.79. The van der Waals surface area contributed by atoms with Crippen LogP contribution in [0.2, 0.25) is 0 Å². The number of benzene rings is 1. The van der Waals surface area contributed by atoms with Crippen LogP contribution in [0.3, 0.4) is 0 Å². The summed E-state index contributed by atoms with van der Waals surface area (Å²) in [6, 6.07) is 6.84. The van der Waals surface area contributed by atoms with Gasteiger partial charge >= 0.3 is 5.97 Å². The molecule has 0 spiro atoms. The number of carbonyl (C=O) groups is 1. The van der Waals surface area contributed by atoms with Crippen LogP contribution in [-0.4, -0.2) is 23.9 Å². The monoisotopic (exact) mass is 534 g/mol. The topological polar surface area (TPSA) is 46.4 Å². The Morgan fingerprint density at radius 3 is 2.59 bits per heavy atom. The summed E-state index contributed by atoms with van der Waals surface area (Å²) in [6.45, 7) is 12.5. The number of fused-ring (bicyclic) bond motifs is 5. The number of ether oxygens (including phenoxy) is 1. The summed E-state index contributed by atoms with van der Waals surface area (Å²) in [6.07, 6.45) is 16.4. The van der Waals surface area contributed by atoms with Gasteiger partial charge in [0.25, 0.3) is 5.69 Å². The third kappa shape index (κ3) is 5.38. The average Bonchev–Trinajstić information content (AvgIpc) is 3.26.